The van der Waals surface area contributed by atoms with E-state index in [9.17, 15) is 4.79 Å². The predicted octanol–water partition coefficient (Wildman–Crippen LogP) is 4.41. The summed E-state index contributed by atoms with van der Waals surface area (Å²) in [7, 11) is 0. The van der Waals surface area contributed by atoms with Crippen molar-refractivity contribution in [3.63, 3.8) is 0 Å². The van der Waals surface area contributed by atoms with E-state index in [1.807, 2.05) is 39.5 Å². The summed E-state index contributed by atoms with van der Waals surface area (Å²) in [6.45, 7) is 17.9. The van der Waals surface area contributed by atoms with Gasteiger partial charge in [0.25, 0.3) is 0 Å². The number of likely N-dealkylation sites (tertiary alicyclic amines) is 1. The molecule has 2 rings (SSSR count). The van der Waals surface area contributed by atoms with E-state index in [-0.39, 0.29) is 0 Å². The third-order valence-corrected chi connectivity index (χ3v) is 5.63. The first-order valence-electron chi connectivity index (χ1n) is 10.9. The van der Waals surface area contributed by atoms with Crippen molar-refractivity contribution in [2.75, 3.05) is 57.9 Å². The Morgan fingerprint density at radius 2 is 1.50 bits per heavy atom. The van der Waals surface area contributed by atoms with E-state index in [2.05, 4.69) is 27.9 Å². The van der Waals surface area contributed by atoms with Gasteiger partial charge in [0.2, 0.25) is 5.91 Å². The molecule has 0 aromatic heterocycles. The molecule has 0 bridgehead atoms. The Bertz CT molecular complexity index is 325. The van der Waals surface area contributed by atoms with Crippen LogP contribution >= 0.6 is 11.8 Å². The highest BCUT2D eigenvalue weighted by Gasteiger charge is 2.25. The molecule has 0 saturated carbocycles. The van der Waals surface area contributed by atoms with Gasteiger partial charge in [0.05, 0.1) is 0 Å². The molecule has 26 heavy (non-hydrogen) atoms. The minimum Gasteiger partial charge on any atom is -0.340 e. The molecule has 0 unspecified atom stereocenters. The Kier molecular flexibility index (Phi) is 16.7. The van der Waals surface area contributed by atoms with Crippen LogP contribution in [0.5, 0.6) is 0 Å². The molecule has 2 fully saturated rings. The number of rotatable bonds is 7. The number of carbonyl (C=O) groups is 1. The fourth-order valence-electron chi connectivity index (χ4n) is 3.51. The molecule has 2 aliphatic rings. The average molecular weight is 388 g/mol. The molecule has 156 valence electrons. The normalized spacial score (nSPS) is 19.2. The molecule has 0 aromatic carbocycles. The van der Waals surface area contributed by atoms with Crippen molar-refractivity contribution in [1.82, 2.24) is 14.7 Å². The first-order chi connectivity index (χ1) is 12.7. The molecule has 0 spiro atoms. The van der Waals surface area contributed by atoms with Crippen LogP contribution in [0.25, 0.3) is 0 Å². The molecule has 0 aromatic rings. The Morgan fingerprint density at radius 1 is 0.923 bits per heavy atom. The van der Waals surface area contributed by atoms with E-state index < -0.39 is 0 Å². The van der Waals surface area contributed by atoms with Gasteiger partial charge < -0.3 is 4.90 Å². The van der Waals surface area contributed by atoms with Gasteiger partial charge in [-0.15, -0.1) is 11.8 Å². The SMILES string of the molecule is CC.CC.CCCCC(=O)N1CCN(CC2CCN(CSC)CC2)CC1. The maximum Gasteiger partial charge on any atom is 0.222 e. The number of hydrogen-bond acceptors (Lipinski definition) is 4. The summed E-state index contributed by atoms with van der Waals surface area (Å²) in [6.07, 6.45) is 7.76. The van der Waals surface area contributed by atoms with Gasteiger partial charge in [-0.2, -0.15) is 0 Å². The molecular formula is C21H45N3OS. The van der Waals surface area contributed by atoms with Crippen molar-refractivity contribution in [2.24, 2.45) is 5.92 Å². The van der Waals surface area contributed by atoms with Crippen molar-refractivity contribution >= 4 is 17.7 Å². The second kappa shape index (κ2) is 16.9. The van der Waals surface area contributed by atoms with Crippen LogP contribution in [0.2, 0.25) is 0 Å². The largest absolute Gasteiger partial charge is 0.340 e. The highest BCUT2D eigenvalue weighted by Crippen LogP contribution is 2.20. The summed E-state index contributed by atoms with van der Waals surface area (Å²) in [4.78, 5) is 19.3. The van der Waals surface area contributed by atoms with Gasteiger partial charge in [-0.05, 0) is 44.5 Å². The standard InChI is InChI=1S/C17H33N3OS.2C2H6/c1-3-4-5-17(21)20-12-10-18(11-13-20)14-16-6-8-19(9-7-16)15-22-2;2*1-2/h16H,3-15H2,1-2H3;2*1-2H3. The lowest BCUT2D eigenvalue weighted by molar-refractivity contribution is -0.133. The Balaban J connectivity index is 0.00000146. The maximum absolute atomic E-state index is 12.1. The van der Waals surface area contributed by atoms with Crippen molar-refractivity contribution in [3.8, 4) is 0 Å². The van der Waals surface area contributed by atoms with Crippen LogP contribution in [0.1, 0.15) is 66.7 Å². The van der Waals surface area contributed by atoms with Gasteiger partial charge in [0.15, 0.2) is 0 Å². The number of carbonyl (C=O) groups excluding carboxylic acids is 1. The third-order valence-electron chi connectivity index (χ3n) is 5.00. The van der Waals surface area contributed by atoms with Crippen LogP contribution in [0.3, 0.4) is 0 Å². The van der Waals surface area contributed by atoms with Crippen molar-refractivity contribution in [3.05, 3.63) is 0 Å². The summed E-state index contributed by atoms with van der Waals surface area (Å²) in [6, 6.07) is 0. The second-order valence-electron chi connectivity index (χ2n) is 6.76. The maximum atomic E-state index is 12.1. The molecule has 0 radical (unpaired) electrons. The van der Waals surface area contributed by atoms with Gasteiger partial charge in [-0.25, -0.2) is 0 Å². The van der Waals surface area contributed by atoms with Crippen LogP contribution in [0.4, 0.5) is 0 Å². The Hall–Kier alpha value is -0.260. The number of piperidine rings is 1. The first-order valence-corrected chi connectivity index (χ1v) is 12.3. The summed E-state index contributed by atoms with van der Waals surface area (Å²) >= 11 is 1.93. The van der Waals surface area contributed by atoms with E-state index in [0.717, 1.165) is 51.4 Å². The minimum absolute atomic E-state index is 0.367. The highest BCUT2D eigenvalue weighted by atomic mass is 32.2. The molecule has 0 aliphatic carbocycles. The molecule has 1 amide bonds. The molecule has 4 nitrogen and oxygen atoms in total. The fraction of sp³-hybridized carbons (Fsp3) is 0.952. The topological polar surface area (TPSA) is 26.8 Å². The number of hydrogen-bond donors (Lipinski definition) is 0. The Labute approximate surface area is 168 Å². The molecular weight excluding hydrogens is 342 g/mol. The van der Waals surface area contributed by atoms with Crippen molar-refractivity contribution < 1.29 is 4.79 Å². The van der Waals surface area contributed by atoms with Gasteiger partial charge in [-0.1, -0.05) is 41.0 Å². The highest BCUT2D eigenvalue weighted by molar-refractivity contribution is 7.98. The summed E-state index contributed by atoms with van der Waals surface area (Å²) in [5.41, 5.74) is 0. The predicted molar refractivity (Wildman–Crippen MR) is 118 cm³/mol. The molecule has 2 saturated heterocycles. The lowest BCUT2D eigenvalue weighted by Gasteiger charge is -2.38. The number of unbranched alkanes of at least 4 members (excludes halogenated alkanes) is 1. The summed E-state index contributed by atoms with van der Waals surface area (Å²) in [5, 5.41) is 0. The molecule has 0 atom stereocenters. The first kappa shape index (κ1) is 25.7. The van der Waals surface area contributed by atoms with Crippen molar-refractivity contribution in [2.45, 2.75) is 66.7 Å². The lowest BCUT2D eigenvalue weighted by atomic mass is 9.96. The molecule has 2 heterocycles. The number of nitrogens with zero attached hydrogens (tertiary/aromatic N) is 3. The van der Waals surface area contributed by atoms with Crippen LogP contribution in [-0.2, 0) is 4.79 Å². The van der Waals surface area contributed by atoms with Crippen LogP contribution in [0, 0.1) is 5.92 Å². The zero-order chi connectivity index (χ0) is 19.8. The average Bonchev–Trinajstić information content (AvgIpc) is 2.71. The van der Waals surface area contributed by atoms with Gasteiger partial charge in [-0.3, -0.25) is 14.6 Å². The summed E-state index contributed by atoms with van der Waals surface area (Å²) in [5.74, 6) is 2.41. The van der Waals surface area contributed by atoms with Crippen LogP contribution in [0.15, 0.2) is 0 Å². The minimum atomic E-state index is 0.367. The quantitative estimate of drug-likeness (QED) is 0.647. The van der Waals surface area contributed by atoms with E-state index in [1.165, 1.54) is 38.4 Å². The van der Waals surface area contributed by atoms with Gasteiger partial charge in [0.1, 0.15) is 0 Å². The van der Waals surface area contributed by atoms with E-state index in [0.29, 0.717) is 5.91 Å². The number of amides is 1. The molecule has 2 aliphatic heterocycles. The molecule has 5 heteroatoms. The number of piperazine rings is 1. The zero-order valence-electron chi connectivity index (χ0n) is 18.4. The fourth-order valence-corrected chi connectivity index (χ4v) is 4.14. The van der Waals surface area contributed by atoms with Gasteiger partial charge >= 0.3 is 0 Å². The Morgan fingerprint density at radius 3 is 2.00 bits per heavy atom. The lowest BCUT2D eigenvalue weighted by Crippen LogP contribution is -2.50. The van der Waals surface area contributed by atoms with Crippen LogP contribution < -0.4 is 0 Å². The van der Waals surface area contributed by atoms with E-state index in [4.69, 9.17) is 0 Å². The third kappa shape index (κ3) is 10.2. The summed E-state index contributed by atoms with van der Waals surface area (Å²) < 4.78 is 0. The molecule has 0 N–H and O–H groups in total. The second-order valence-corrected chi connectivity index (χ2v) is 7.60. The van der Waals surface area contributed by atoms with E-state index >= 15 is 0 Å². The van der Waals surface area contributed by atoms with Gasteiger partial charge in [0, 0.05) is 45.0 Å². The van der Waals surface area contributed by atoms with Crippen LogP contribution in [-0.4, -0.2) is 78.6 Å². The smallest absolute Gasteiger partial charge is 0.222 e. The zero-order valence-corrected chi connectivity index (χ0v) is 19.2. The monoisotopic (exact) mass is 387 g/mol. The van der Waals surface area contributed by atoms with Crippen molar-refractivity contribution in [1.29, 1.82) is 0 Å². The van der Waals surface area contributed by atoms with E-state index in [1.54, 1.807) is 0 Å². The number of thioether (sulfide) groups is 1.